The zero-order valence-electron chi connectivity index (χ0n) is 13.4. The Morgan fingerprint density at radius 3 is 2.32 bits per heavy atom. The topological polar surface area (TPSA) is 42.9 Å². The van der Waals surface area contributed by atoms with E-state index in [0.717, 1.165) is 28.7 Å². The Labute approximate surface area is 151 Å². The molecule has 0 aliphatic heterocycles. The van der Waals surface area contributed by atoms with E-state index in [4.69, 9.17) is 11.6 Å². The number of aryl methyl sites for hydroxylation is 1. The fourth-order valence-electron chi connectivity index (χ4n) is 2.27. The molecule has 0 aliphatic rings. The maximum Gasteiger partial charge on any atom is 0.120 e. The van der Waals surface area contributed by atoms with Gasteiger partial charge in [0.1, 0.15) is 12.0 Å². The Balaban J connectivity index is 1.70. The zero-order chi connectivity index (χ0) is 17.5. The van der Waals surface area contributed by atoms with Gasteiger partial charge in [-0.15, -0.1) is 0 Å². The highest BCUT2D eigenvalue weighted by atomic mass is 35.5. The molecule has 0 amide bonds. The minimum Gasteiger partial charge on any atom is -0.303 e. The van der Waals surface area contributed by atoms with Gasteiger partial charge in [-0.3, -0.25) is 4.98 Å². The highest BCUT2D eigenvalue weighted by Crippen LogP contribution is 2.20. The third-order valence-electron chi connectivity index (χ3n) is 3.62. The van der Waals surface area contributed by atoms with Crippen LogP contribution in [0.15, 0.2) is 60.9 Å². The predicted molar refractivity (Wildman–Crippen MR) is 99.3 cm³/mol. The first-order chi connectivity index (χ1) is 12.2. The molecule has 0 spiro atoms. The standard InChI is InChI=1S/C21H15ClN2O/c22-19-8-5-17(6-9-19)18-7-12-21(24-15-18)11-4-16-3-10-20(23-14-16)2-1-13-25/h3,5-10,12-15H,1-2H2. The first-order valence-corrected chi connectivity index (χ1v) is 8.25. The van der Waals surface area contributed by atoms with Crippen LogP contribution in [0.2, 0.25) is 5.02 Å². The minimum atomic E-state index is 0.488. The van der Waals surface area contributed by atoms with Gasteiger partial charge in [0, 0.05) is 40.7 Å². The summed E-state index contributed by atoms with van der Waals surface area (Å²) in [6.45, 7) is 0. The molecule has 0 unspecified atom stereocenters. The van der Waals surface area contributed by atoms with E-state index in [2.05, 4.69) is 21.8 Å². The largest absolute Gasteiger partial charge is 0.303 e. The van der Waals surface area contributed by atoms with Crippen molar-refractivity contribution in [1.82, 2.24) is 9.97 Å². The molecule has 2 heterocycles. The first-order valence-electron chi connectivity index (χ1n) is 7.87. The SMILES string of the molecule is O=CCCc1ccc(C#Cc2ccc(-c3ccc(Cl)cc3)cn2)cn1. The van der Waals surface area contributed by atoms with E-state index in [0.29, 0.717) is 23.6 Å². The van der Waals surface area contributed by atoms with E-state index in [1.165, 1.54) is 0 Å². The van der Waals surface area contributed by atoms with Crippen LogP contribution in [0, 0.1) is 11.8 Å². The quantitative estimate of drug-likeness (QED) is 0.521. The van der Waals surface area contributed by atoms with Crippen LogP contribution in [0.5, 0.6) is 0 Å². The summed E-state index contributed by atoms with van der Waals surface area (Å²) >= 11 is 5.90. The van der Waals surface area contributed by atoms with Gasteiger partial charge in [0.15, 0.2) is 0 Å². The summed E-state index contributed by atoms with van der Waals surface area (Å²) in [6.07, 6.45) is 5.56. The van der Waals surface area contributed by atoms with Gasteiger partial charge in [-0.2, -0.15) is 0 Å². The summed E-state index contributed by atoms with van der Waals surface area (Å²) < 4.78 is 0. The summed E-state index contributed by atoms with van der Waals surface area (Å²) in [5.74, 6) is 6.08. The van der Waals surface area contributed by atoms with Crippen molar-refractivity contribution in [3.63, 3.8) is 0 Å². The van der Waals surface area contributed by atoms with E-state index in [1.807, 2.05) is 48.5 Å². The van der Waals surface area contributed by atoms with Gasteiger partial charge in [-0.1, -0.05) is 35.7 Å². The third kappa shape index (κ3) is 4.76. The summed E-state index contributed by atoms with van der Waals surface area (Å²) in [7, 11) is 0. The molecule has 0 aliphatic carbocycles. The molecular weight excluding hydrogens is 332 g/mol. The lowest BCUT2D eigenvalue weighted by atomic mass is 10.1. The predicted octanol–water partition coefficient (Wildman–Crippen LogP) is 4.33. The monoisotopic (exact) mass is 346 g/mol. The number of carbonyl (C=O) groups is 1. The average Bonchev–Trinajstić information content (AvgIpc) is 2.67. The number of halogens is 1. The van der Waals surface area contributed by atoms with E-state index >= 15 is 0 Å². The Morgan fingerprint density at radius 2 is 1.68 bits per heavy atom. The van der Waals surface area contributed by atoms with Crippen molar-refractivity contribution >= 4 is 17.9 Å². The summed E-state index contributed by atoms with van der Waals surface area (Å²) in [6, 6.07) is 15.3. The summed E-state index contributed by atoms with van der Waals surface area (Å²) in [4.78, 5) is 19.1. The number of pyridine rings is 2. The van der Waals surface area contributed by atoms with Crippen molar-refractivity contribution in [2.24, 2.45) is 0 Å². The molecule has 2 aromatic heterocycles. The van der Waals surface area contributed by atoms with Crippen molar-refractivity contribution in [3.8, 4) is 23.0 Å². The summed E-state index contributed by atoms with van der Waals surface area (Å²) in [5, 5.41) is 0.713. The minimum absolute atomic E-state index is 0.488. The maximum absolute atomic E-state index is 10.4. The lowest BCUT2D eigenvalue weighted by molar-refractivity contribution is -0.107. The van der Waals surface area contributed by atoms with Gasteiger partial charge in [0.25, 0.3) is 0 Å². The Morgan fingerprint density at radius 1 is 0.880 bits per heavy atom. The second-order valence-corrected chi connectivity index (χ2v) is 5.87. The number of hydrogen-bond donors (Lipinski definition) is 0. The number of rotatable bonds is 4. The van der Waals surface area contributed by atoms with Gasteiger partial charge < -0.3 is 4.79 Å². The van der Waals surface area contributed by atoms with Crippen LogP contribution in [0.25, 0.3) is 11.1 Å². The van der Waals surface area contributed by atoms with Gasteiger partial charge in [0.2, 0.25) is 0 Å². The fraction of sp³-hybridized carbons (Fsp3) is 0.0952. The van der Waals surface area contributed by atoms with Gasteiger partial charge in [0.05, 0.1) is 0 Å². The van der Waals surface area contributed by atoms with E-state index in [-0.39, 0.29) is 0 Å². The van der Waals surface area contributed by atoms with E-state index in [1.54, 1.807) is 12.4 Å². The summed E-state index contributed by atoms with van der Waals surface area (Å²) in [5.41, 5.74) is 4.49. The highest BCUT2D eigenvalue weighted by molar-refractivity contribution is 6.30. The van der Waals surface area contributed by atoms with Crippen LogP contribution in [0.1, 0.15) is 23.4 Å². The van der Waals surface area contributed by atoms with Crippen LogP contribution < -0.4 is 0 Å². The molecule has 3 rings (SSSR count). The Kier molecular flexibility index (Phi) is 5.56. The molecule has 0 radical (unpaired) electrons. The number of benzene rings is 1. The lowest BCUT2D eigenvalue weighted by Crippen LogP contribution is -1.91. The molecule has 0 saturated heterocycles. The lowest BCUT2D eigenvalue weighted by Gasteiger charge is -2.01. The molecule has 0 atom stereocenters. The second kappa shape index (κ2) is 8.23. The Hall–Kier alpha value is -2.96. The number of carbonyl (C=O) groups excluding carboxylic acids is 1. The van der Waals surface area contributed by atoms with Crippen LogP contribution in [0.4, 0.5) is 0 Å². The molecule has 1 aromatic carbocycles. The Bertz CT molecular complexity index is 905. The van der Waals surface area contributed by atoms with E-state index in [9.17, 15) is 4.79 Å². The molecule has 3 aromatic rings. The number of aromatic nitrogens is 2. The number of nitrogens with zero attached hydrogens (tertiary/aromatic N) is 2. The smallest absolute Gasteiger partial charge is 0.120 e. The van der Waals surface area contributed by atoms with Crippen LogP contribution in [0.3, 0.4) is 0 Å². The van der Waals surface area contributed by atoms with Crippen LogP contribution in [-0.4, -0.2) is 16.3 Å². The first kappa shape index (κ1) is 16.9. The number of hydrogen-bond acceptors (Lipinski definition) is 3. The molecule has 0 bridgehead atoms. The van der Waals surface area contributed by atoms with Gasteiger partial charge >= 0.3 is 0 Å². The van der Waals surface area contributed by atoms with Crippen LogP contribution >= 0.6 is 11.6 Å². The second-order valence-electron chi connectivity index (χ2n) is 5.43. The van der Waals surface area contributed by atoms with E-state index < -0.39 is 0 Å². The molecular formula is C21H15ClN2O. The maximum atomic E-state index is 10.4. The van der Waals surface area contributed by atoms with Crippen molar-refractivity contribution < 1.29 is 4.79 Å². The highest BCUT2D eigenvalue weighted by Gasteiger charge is 1.99. The average molecular weight is 347 g/mol. The molecule has 3 nitrogen and oxygen atoms in total. The van der Waals surface area contributed by atoms with Crippen molar-refractivity contribution in [1.29, 1.82) is 0 Å². The molecule has 0 saturated carbocycles. The molecule has 25 heavy (non-hydrogen) atoms. The third-order valence-corrected chi connectivity index (χ3v) is 3.87. The number of aldehydes is 1. The van der Waals surface area contributed by atoms with Gasteiger partial charge in [-0.25, -0.2) is 4.98 Å². The normalized spacial score (nSPS) is 9.96. The molecule has 122 valence electrons. The van der Waals surface area contributed by atoms with Crippen molar-refractivity contribution in [2.45, 2.75) is 12.8 Å². The van der Waals surface area contributed by atoms with Crippen molar-refractivity contribution in [2.75, 3.05) is 0 Å². The van der Waals surface area contributed by atoms with Crippen LogP contribution in [-0.2, 0) is 11.2 Å². The zero-order valence-corrected chi connectivity index (χ0v) is 14.2. The molecule has 4 heteroatoms. The van der Waals surface area contributed by atoms with Crippen molar-refractivity contribution in [3.05, 3.63) is 82.9 Å². The van der Waals surface area contributed by atoms with Gasteiger partial charge in [-0.05, 0) is 48.2 Å². The molecule has 0 fully saturated rings. The molecule has 0 N–H and O–H groups in total. The fourth-order valence-corrected chi connectivity index (χ4v) is 2.40.